The van der Waals surface area contributed by atoms with Gasteiger partial charge in [-0.3, -0.25) is 4.79 Å². The third-order valence-electron chi connectivity index (χ3n) is 4.65. The first-order valence-electron chi connectivity index (χ1n) is 8.50. The first-order valence-corrected chi connectivity index (χ1v) is 8.50. The molecule has 1 fully saturated rings. The molecule has 24 heavy (non-hydrogen) atoms. The molecule has 0 bridgehead atoms. The highest BCUT2D eigenvalue weighted by molar-refractivity contribution is 5.83. The fourth-order valence-corrected chi connectivity index (χ4v) is 3.17. The summed E-state index contributed by atoms with van der Waals surface area (Å²) in [7, 11) is 0. The number of hydrogen-bond acceptors (Lipinski definition) is 4. The molecule has 2 aromatic rings. The first-order chi connectivity index (χ1) is 11.6. The third kappa shape index (κ3) is 3.91. The van der Waals surface area contributed by atoms with Crippen LogP contribution in [0.3, 0.4) is 0 Å². The van der Waals surface area contributed by atoms with Gasteiger partial charge in [0.1, 0.15) is 6.33 Å². The minimum Gasteiger partial charge on any atom is -0.382 e. The molecule has 0 spiro atoms. The lowest BCUT2D eigenvalue weighted by atomic mass is 9.99. The quantitative estimate of drug-likeness (QED) is 0.939. The van der Waals surface area contributed by atoms with E-state index in [2.05, 4.69) is 46.5 Å². The van der Waals surface area contributed by atoms with Crippen LogP contribution in [0.25, 0.3) is 0 Å². The van der Waals surface area contributed by atoms with Crippen molar-refractivity contribution >= 4 is 11.6 Å². The van der Waals surface area contributed by atoms with E-state index in [4.69, 9.17) is 0 Å². The maximum Gasteiger partial charge on any atom is 0.229 e. The molecule has 1 aromatic heterocycles. The van der Waals surface area contributed by atoms with Crippen molar-refractivity contribution in [1.82, 2.24) is 14.9 Å². The number of nitrogens with zero attached hydrogens (tertiary/aromatic N) is 3. The molecule has 1 aromatic carbocycles. The van der Waals surface area contributed by atoms with Crippen molar-refractivity contribution in [2.24, 2.45) is 0 Å². The second kappa shape index (κ2) is 7.43. The Balaban J connectivity index is 1.54. The number of rotatable bonds is 4. The third-order valence-corrected chi connectivity index (χ3v) is 4.65. The Morgan fingerprint density at radius 1 is 1.25 bits per heavy atom. The Labute approximate surface area is 143 Å². The first kappa shape index (κ1) is 16.4. The topological polar surface area (TPSA) is 58.1 Å². The van der Waals surface area contributed by atoms with Gasteiger partial charge >= 0.3 is 0 Å². The highest BCUT2D eigenvalue weighted by atomic mass is 16.2. The lowest BCUT2D eigenvalue weighted by Gasteiger charge is -2.34. The lowest BCUT2D eigenvalue weighted by Crippen LogP contribution is -2.43. The van der Waals surface area contributed by atoms with Crippen LogP contribution in [0.5, 0.6) is 0 Å². The molecule has 0 aliphatic carbocycles. The number of benzene rings is 1. The highest BCUT2D eigenvalue weighted by Crippen LogP contribution is 2.22. The van der Waals surface area contributed by atoms with Gasteiger partial charge in [-0.1, -0.05) is 12.1 Å². The van der Waals surface area contributed by atoms with Gasteiger partial charge in [0.05, 0.1) is 5.92 Å². The zero-order valence-electron chi connectivity index (χ0n) is 14.3. The van der Waals surface area contributed by atoms with Crippen LogP contribution in [-0.2, 0) is 4.79 Å². The molecule has 0 saturated carbocycles. The molecule has 1 unspecified atom stereocenters. The lowest BCUT2D eigenvalue weighted by molar-refractivity contribution is -0.133. The molecule has 0 radical (unpaired) electrons. The highest BCUT2D eigenvalue weighted by Gasteiger charge is 2.27. The molecule has 1 N–H and O–H groups in total. The number of hydrogen-bond donors (Lipinski definition) is 1. The number of aryl methyl sites for hydroxylation is 1. The Morgan fingerprint density at radius 3 is 2.62 bits per heavy atom. The standard InChI is InChI=1S/C19H24N4O/c1-14-4-3-5-18(10-14)22-17-6-8-23(9-7-17)19(24)15(2)16-11-20-13-21-12-16/h3-5,10-13,15,17,22H,6-9H2,1-2H3. The summed E-state index contributed by atoms with van der Waals surface area (Å²) in [4.78, 5) is 22.6. The van der Waals surface area contributed by atoms with Gasteiger partial charge in [0.2, 0.25) is 5.91 Å². The summed E-state index contributed by atoms with van der Waals surface area (Å²) in [5.41, 5.74) is 3.30. The van der Waals surface area contributed by atoms with E-state index in [1.165, 1.54) is 11.9 Å². The van der Waals surface area contributed by atoms with Crippen LogP contribution in [0.1, 0.15) is 36.8 Å². The fraction of sp³-hybridized carbons (Fsp3) is 0.421. The van der Waals surface area contributed by atoms with Gasteiger partial charge in [0.15, 0.2) is 0 Å². The van der Waals surface area contributed by atoms with Crippen LogP contribution >= 0.6 is 0 Å². The van der Waals surface area contributed by atoms with Gasteiger partial charge in [-0.05, 0) is 44.4 Å². The zero-order valence-corrected chi connectivity index (χ0v) is 14.3. The second-order valence-corrected chi connectivity index (χ2v) is 6.51. The molecule has 5 heteroatoms. The summed E-state index contributed by atoms with van der Waals surface area (Å²) < 4.78 is 0. The average Bonchev–Trinajstić information content (AvgIpc) is 2.62. The van der Waals surface area contributed by atoms with E-state index in [1.54, 1.807) is 12.4 Å². The summed E-state index contributed by atoms with van der Waals surface area (Å²) in [5, 5.41) is 3.58. The van der Waals surface area contributed by atoms with Gasteiger partial charge in [-0.15, -0.1) is 0 Å². The van der Waals surface area contributed by atoms with E-state index in [9.17, 15) is 4.79 Å². The Bertz CT molecular complexity index is 681. The number of anilines is 1. The van der Waals surface area contributed by atoms with Crippen LogP contribution in [0.2, 0.25) is 0 Å². The normalized spacial score (nSPS) is 16.7. The minimum absolute atomic E-state index is 0.166. The van der Waals surface area contributed by atoms with E-state index >= 15 is 0 Å². The van der Waals surface area contributed by atoms with Crippen LogP contribution < -0.4 is 5.32 Å². The van der Waals surface area contributed by atoms with Crippen LogP contribution in [-0.4, -0.2) is 39.9 Å². The molecule has 1 aliphatic rings. The number of likely N-dealkylation sites (tertiary alicyclic amines) is 1. The number of piperidine rings is 1. The van der Waals surface area contributed by atoms with Gasteiger partial charge in [0, 0.05) is 42.8 Å². The molecule has 1 atom stereocenters. The van der Waals surface area contributed by atoms with Crippen molar-refractivity contribution in [3.05, 3.63) is 54.1 Å². The maximum absolute atomic E-state index is 12.7. The van der Waals surface area contributed by atoms with Crippen LogP contribution in [0.4, 0.5) is 5.69 Å². The monoisotopic (exact) mass is 324 g/mol. The molecule has 5 nitrogen and oxygen atoms in total. The van der Waals surface area contributed by atoms with Gasteiger partial charge in [-0.25, -0.2) is 9.97 Å². The molecule has 1 saturated heterocycles. The van der Waals surface area contributed by atoms with E-state index in [1.807, 2.05) is 11.8 Å². The number of amides is 1. The Morgan fingerprint density at radius 2 is 1.96 bits per heavy atom. The van der Waals surface area contributed by atoms with E-state index in [-0.39, 0.29) is 11.8 Å². The summed E-state index contributed by atoms with van der Waals surface area (Å²) in [6.07, 6.45) is 6.88. The summed E-state index contributed by atoms with van der Waals surface area (Å²) in [5.74, 6) is -0.0220. The van der Waals surface area contributed by atoms with Gasteiger partial charge in [0.25, 0.3) is 0 Å². The smallest absolute Gasteiger partial charge is 0.229 e. The predicted octanol–water partition coefficient (Wildman–Crippen LogP) is 2.99. The second-order valence-electron chi connectivity index (χ2n) is 6.51. The van der Waals surface area contributed by atoms with Crippen LogP contribution in [0, 0.1) is 6.92 Å². The van der Waals surface area contributed by atoms with Crippen molar-refractivity contribution in [3.63, 3.8) is 0 Å². The Hall–Kier alpha value is -2.43. The SMILES string of the molecule is Cc1cccc(NC2CCN(C(=O)C(C)c3cncnc3)CC2)c1. The molecule has 1 amide bonds. The average molecular weight is 324 g/mol. The number of carbonyl (C=O) groups is 1. The minimum atomic E-state index is -0.188. The van der Waals surface area contributed by atoms with E-state index in [0.29, 0.717) is 6.04 Å². The molecular weight excluding hydrogens is 300 g/mol. The van der Waals surface area contributed by atoms with Crippen molar-refractivity contribution in [3.8, 4) is 0 Å². The van der Waals surface area contributed by atoms with Gasteiger partial charge < -0.3 is 10.2 Å². The maximum atomic E-state index is 12.7. The summed E-state index contributed by atoms with van der Waals surface area (Å²) in [6, 6.07) is 8.85. The predicted molar refractivity (Wildman–Crippen MR) is 94.9 cm³/mol. The molecule has 126 valence electrons. The van der Waals surface area contributed by atoms with Crippen molar-refractivity contribution in [2.45, 2.75) is 38.6 Å². The number of carbonyl (C=O) groups excluding carboxylic acids is 1. The molecular formula is C19H24N4O. The summed E-state index contributed by atoms with van der Waals surface area (Å²) in [6.45, 7) is 5.61. The molecule has 2 heterocycles. The van der Waals surface area contributed by atoms with Crippen LogP contribution in [0.15, 0.2) is 43.0 Å². The Kier molecular flexibility index (Phi) is 5.08. The summed E-state index contributed by atoms with van der Waals surface area (Å²) >= 11 is 0. The van der Waals surface area contributed by atoms with E-state index < -0.39 is 0 Å². The molecule has 3 rings (SSSR count). The fourth-order valence-electron chi connectivity index (χ4n) is 3.17. The van der Waals surface area contributed by atoms with Gasteiger partial charge in [-0.2, -0.15) is 0 Å². The number of nitrogens with one attached hydrogen (secondary N) is 1. The van der Waals surface area contributed by atoms with Crippen molar-refractivity contribution < 1.29 is 4.79 Å². The van der Waals surface area contributed by atoms with Crippen molar-refractivity contribution in [1.29, 1.82) is 0 Å². The van der Waals surface area contributed by atoms with E-state index in [0.717, 1.165) is 37.2 Å². The largest absolute Gasteiger partial charge is 0.382 e. The van der Waals surface area contributed by atoms with Crippen molar-refractivity contribution in [2.75, 3.05) is 18.4 Å². The molecule has 1 aliphatic heterocycles. The zero-order chi connectivity index (χ0) is 16.9. The number of aromatic nitrogens is 2.